The Labute approximate surface area is 129 Å². The maximum Gasteiger partial charge on any atom is 0.322 e. The van der Waals surface area contributed by atoms with Crippen LogP contribution in [0.3, 0.4) is 0 Å². The van der Waals surface area contributed by atoms with Crippen LogP contribution in [0.2, 0.25) is 0 Å². The summed E-state index contributed by atoms with van der Waals surface area (Å²) < 4.78 is 1.90. The first kappa shape index (κ1) is 14.7. The lowest BCUT2D eigenvalue weighted by molar-refractivity contribution is -0.145. The van der Waals surface area contributed by atoms with E-state index >= 15 is 0 Å². The number of hydrogen-bond acceptors (Lipinski definition) is 4. The molecule has 116 valence electrons. The van der Waals surface area contributed by atoms with E-state index in [4.69, 9.17) is 0 Å². The third kappa shape index (κ3) is 2.50. The first-order valence-corrected chi connectivity index (χ1v) is 7.38. The molecule has 1 aliphatic heterocycles. The third-order valence-electron chi connectivity index (χ3n) is 4.53. The molecule has 1 unspecified atom stereocenters. The van der Waals surface area contributed by atoms with Crippen molar-refractivity contribution in [1.29, 1.82) is 0 Å². The molecule has 6 heteroatoms. The highest BCUT2D eigenvalue weighted by atomic mass is 16.4. The summed E-state index contributed by atoms with van der Waals surface area (Å²) in [5, 5.41) is 17.8. The largest absolute Gasteiger partial charge is 0.480 e. The monoisotopic (exact) mass is 300 g/mol. The maximum atomic E-state index is 11.7. The van der Waals surface area contributed by atoms with E-state index in [-0.39, 0.29) is 0 Å². The number of aromatic nitrogens is 3. The second-order valence-electron chi connectivity index (χ2n) is 5.89. The molecule has 0 radical (unpaired) electrons. The zero-order chi connectivity index (χ0) is 15.9. The first-order valence-electron chi connectivity index (χ1n) is 7.38. The Morgan fingerprint density at radius 3 is 2.82 bits per heavy atom. The van der Waals surface area contributed by atoms with Gasteiger partial charge in [-0.3, -0.25) is 9.69 Å². The second-order valence-corrected chi connectivity index (χ2v) is 5.89. The number of fused-ring (bicyclic) bond motifs is 1. The molecule has 1 aromatic heterocycles. The third-order valence-corrected chi connectivity index (χ3v) is 4.53. The summed E-state index contributed by atoms with van der Waals surface area (Å²) in [5.74, 6) is 0.803. The predicted molar refractivity (Wildman–Crippen MR) is 81.3 cm³/mol. The van der Waals surface area contributed by atoms with E-state index in [2.05, 4.69) is 36.2 Å². The number of rotatable bonds is 3. The van der Waals surface area contributed by atoms with Crippen molar-refractivity contribution in [2.75, 3.05) is 0 Å². The molecule has 0 amide bonds. The minimum absolute atomic E-state index is 0.397. The molecule has 1 aromatic carbocycles. The van der Waals surface area contributed by atoms with Crippen molar-refractivity contribution in [3.63, 3.8) is 0 Å². The Morgan fingerprint density at radius 2 is 2.09 bits per heavy atom. The summed E-state index contributed by atoms with van der Waals surface area (Å²) >= 11 is 0. The summed E-state index contributed by atoms with van der Waals surface area (Å²) in [4.78, 5) is 13.6. The molecule has 22 heavy (non-hydrogen) atoms. The van der Waals surface area contributed by atoms with Crippen molar-refractivity contribution < 1.29 is 9.90 Å². The van der Waals surface area contributed by atoms with Gasteiger partial charge in [-0.2, -0.15) is 0 Å². The van der Waals surface area contributed by atoms with E-state index in [1.165, 1.54) is 11.1 Å². The van der Waals surface area contributed by atoms with Crippen LogP contribution < -0.4 is 0 Å². The van der Waals surface area contributed by atoms with E-state index < -0.39 is 12.0 Å². The van der Waals surface area contributed by atoms with Crippen molar-refractivity contribution >= 4 is 5.97 Å². The molecule has 2 aromatic rings. The van der Waals surface area contributed by atoms with Gasteiger partial charge in [-0.1, -0.05) is 18.2 Å². The predicted octanol–water partition coefficient (Wildman–Crippen LogP) is 1.67. The lowest BCUT2D eigenvalue weighted by Gasteiger charge is -2.33. The fourth-order valence-electron chi connectivity index (χ4n) is 2.96. The van der Waals surface area contributed by atoms with Gasteiger partial charge < -0.3 is 9.67 Å². The van der Waals surface area contributed by atoms with E-state index in [0.717, 1.165) is 17.2 Å². The number of nitrogens with zero attached hydrogens (tertiary/aromatic N) is 4. The van der Waals surface area contributed by atoms with Crippen LogP contribution in [0.25, 0.3) is 0 Å². The van der Waals surface area contributed by atoms with Crippen molar-refractivity contribution in [1.82, 2.24) is 19.7 Å². The Kier molecular flexibility index (Phi) is 3.70. The van der Waals surface area contributed by atoms with E-state index in [0.29, 0.717) is 19.6 Å². The molecule has 1 N–H and O–H groups in total. The van der Waals surface area contributed by atoms with Gasteiger partial charge in [0.1, 0.15) is 17.7 Å². The molecule has 2 heterocycles. The number of aliphatic carboxylic acids is 1. The fraction of sp³-hybridized carbons (Fsp3) is 0.438. The van der Waals surface area contributed by atoms with Gasteiger partial charge in [0.2, 0.25) is 0 Å². The number of aryl methyl sites for hydroxylation is 2. The number of hydrogen-bond donors (Lipinski definition) is 1. The van der Waals surface area contributed by atoms with Gasteiger partial charge in [-0.15, -0.1) is 10.2 Å². The summed E-state index contributed by atoms with van der Waals surface area (Å²) in [6, 6.07) is 5.60. The van der Waals surface area contributed by atoms with Crippen LogP contribution in [-0.2, 0) is 24.4 Å². The summed E-state index contributed by atoms with van der Waals surface area (Å²) in [6.07, 6.45) is 0. The molecule has 0 saturated carbocycles. The Bertz CT molecular complexity index is 723. The maximum absolute atomic E-state index is 11.7. The van der Waals surface area contributed by atoms with Crippen molar-refractivity contribution in [3.8, 4) is 0 Å². The standard InChI is InChI=1S/C16H20N4O2/c1-10-5-4-6-13(11(10)2)7-19-9-15-18-17-12(3)20(15)8-14(19)16(21)22/h4-6,14H,7-9H2,1-3H3,(H,21,22). The van der Waals surface area contributed by atoms with E-state index in [9.17, 15) is 9.90 Å². The van der Waals surface area contributed by atoms with Gasteiger partial charge in [0.05, 0.1) is 13.1 Å². The molecular formula is C16H20N4O2. The smallest absolute Gasteiger partial charge is 0.322 e. The Morgan fingerprint density at radius 1 is 1.32 bits per heavy atom. The van der Waals surface area contributed by atoms with Gasteiger partial charge in [0, 0.05) is 6.54 Å². The highest BCUT2D eigenvalue weighted by molar-refractivity contribution is 5.73. The molecular weight excluding hydrogens is 280 g/mol. The summed E-state index contributed by atoms with van der Waals surface area (Å²) in [7, 11) is 0. The SMILES string of the molecule is Cc1cccc(CN2Cc3nnc(C)n3CC2C(=O)O)c1C. The van der Waals surface area contributed by atoms with Gasteiger partial charge in [0.25, 0.3) is 0 Å². The van der Waals surface area contributed by atoms with Crippen LogP contribution in [0.1, 0.15) is 28.3 Å². The fourth-order valence-corrected chi connectivity index (χ4v) is 2.96. The number of carboxylic acids is 1. The Balaban J connectivity index is 1.91. The molecule has 0 bridgehead atoms. The quantitative estimate of drug-likeness (QED) is 0.933. The van der Waals surface area contributed by atoms with Crippen molar-refractivity contribution in [2.24, 2.45) is 0 Å². The average Bonchev–Trinajstić information content (AvgIpc) is 2.84. The summed E-state index contributed by atoms with van der Waals surface area (Å²) in [5.41, 5.74) is 3.60. The molecule has 1 atom stereocenters. The lowest BCUT2D eigenvalue weighted by atomic mass is 10.0. The number of benzene rings is 1. The van der Waals surface area contributed by atoms with Crippen LogP contribution in [0.15, 0.2) is 18.2 Å². The van der Waals surface area contributed by atoms with Gasteiger partial charge in [0.15, 0.2) is 0 Å². The normalized spacial score (nSPS) is 18.2. The molecule has 3 rings (SSSR count). The second kappa shape index (κ2) is 5.53. The molecule has 0 aliphatic carbocycles. The number of carboxylic acid groups (broad SMARTS) is 1. The van der Waals surface area contributed by atoms with Crippen LogP contribution in [0.5, 0.6) is 0 Å². The highest BCUT2D eigenvalue weighted by Gasteiger charge is 2.33. The topological polar surface area (TPSA) is 71.2 Å². The molecule has 0 spiro atoms. The number of carbonyl (C=O) groups is 1. The van der Waals surface area contributed by atoms with Crippen molar-refractivity contribution in [3.05, 3.63) is 46.5 Å². The van der Waals surface area contributed by atoms with Gasteiger partial charge >= 0.3 is 5.97 Å². The zero-order valence-electron chi connectivity index (χ0n) is 13.1. The molecule has 0 fully saturated rings. The Hall–Kier alpha value is -2.21. The first-order chi connectivity index (χ1) is 10.5. The molecule has 1 aliphatic rings. The van der Waals surface area contributed by atoms with Gasteiger partial charge in [-0.05, 0) is 37.5 Å². The van der Waals surface area contributed by atoms with E-state index in [1.54, 1.807) is 0 Å². The van der Waals surface area contributed by atoms with Crippen LogP contribution >= 0.6 is 0 Å². The highest BCUT2D eigenvalue weighted by Crippen LogP contribution is 2.22. The molecule has 6 nitrogen and oxygen atoms in total. The molecule has 0 saturated heterocycles. The van der Waals surface area contributed by atoms with Crippen LogP contribution in [-0.4, -0.2) is 36.8 Å². The van der Waals surface area contributed by atoms with Crippen LogP contribution in [0, 0.1) is 20.8 Å². The minimum Gasteiger partial charge on any atom is -0.480 e. The van der Waals surface area contributed by atoms with E-state index in [1.807, 2.05) is 22.5 Å². The van der Waals surface area contributed by atoms with Crippen LogP contribution in [0.4, 0.5) is 0 Å². The minimum atomic E-state index is -0.802. The van der Waals surface area contributed by atoms with Gasteiger partial charge in [-0.25, -0.2) is 0 Å². The lowest BCUT2D eigenvalue weighted by Crippen LogP contribution is -2.47. The summed E-state index contributed by atoms with van der Waals surface area (Å²) in [6.45, 7) is 7.52. The zero-order valence-corrected chi connectivity index (χ0v) is 13.1. The van der Waals surface area contributed by atoms with Crippen molar-refractivity contribution in [2.45, 2.75) is 46.4 Å². The average molecular weight is 300 g/mol.